The first-order valence-corrected chi connectivity index (χ1v) is 13.6. The molecule has 0 spiro atoms. The molecule has 0 aliphatic heterocycles. The number of alkyl halides is 3. The van der Waals surface area contributed by atoms with Crippen molar-refractivity contribution >= 4 is 39.1 Å². The maximum atomic E-state index is 13.8. The number of rotatable bonds is 8. The molecule has 0 atom stereocenters. The highest BCUT2D eigenvalue weighted by Gasteiger charge is 2.35. The minimum Gasteiger partial charge on any atom is -0.486 e. The number of benzene rings is 1. The van der Waals surface area contributed by atoms with Crippen LogP contribution >= 0.6 is 11.3 Å². The van der Waals surface area contributed by atoms with Crippen LogP contribution < -0.4 is 15.8 Å². The van der Waals surface area contributed by atoms with Crippen LogP contribution in [0, 0.1) is 6.92 Å². The number of aryl methyl sites for hydroxylation is 1. The highest BCUT2D eigenvalue weighted by molar-refractivity contribution is 7.21. The Bertz CT molecular complexity index is 1800. The number of ether oxygens (including phenoxy) is 1. The second-order valence-electron chi connectivity index (χ2n) is 9.90. The van der Waals surface area contributed by atoms with Gasteiger partial charge in [-0.3, -0.25) is 14.3 Å². The van der Waals surface area contributed by atoms with Crippen LogP contribution in [-0.4, -0.2) is 26.6 Å². The van der Waals surface area contributed by atoms with Crippen LogP contribution in [-0.2, 0) is 19.8 Å². The molecular formula is C29H26F3N5O4S. The second kappa shape index (κ2) is 11.0. The molecule has 0 unspecified atom stereocenters. The average molecular weight is 598 g/mol. The van der Waals surface area contributed by atoms with Crippen LogP contribution in [0.1, 0.15) is 62.7 Å². The van der Waals surface area contributed by atoms with Crippen molar-refractivity contribution in [2.45, 2.75) is 39.5 Å². The first-order valence-electron chi connectivity index (χ1n) is 12.8. The number of halogens is 3. The van der Waals surface area contributed by atoms with Crippen LogP contribution in [0.15, 0.2) is 53.1 Å². The fraction of sp³-hybridized carbons (Fsp3) is 0.241. The van der Waals surface area contributed by atoms with Crippen molar-refractivity contribution in [3.8, 4) is 16.9 Å². The molecule has 0 radical (unpaired) electrons. The van der Waals surface area contributed by atoms with Crippen LogP contribution in [0.3, 0.4) is 0 Å². The summed E-state index contributed by atoms with van der Waals surface area (Å²) in [4.78, 5) is 29.1. The van der Waals surface area contributed by atoms with Gasteiger partial charge in [0.05, 0.1) is 11.9 Å². The first kappa shape index (κ1) is 28.9. The van der Waals surface area contributed by atoms with E-state index in [1.54, 1.807) is 20.0 Å². The maximum absolute atomic E-state index is 13.8. The maximum Gasteiger partial charge on any atom is 0.433 e. The van der Waals surface area contributed by atoms with Gasteiger partial charge >= 0.3 is 6.18 Å². The van der Waals surface area contributed by atoms with Crippen molar-refractivity contribution in [3.63, 3.8) is 0 Å². The van der Waals surface area contributed by atoms with Gasteiger partial charge in [0.15, 0.2) is 5.76 Å². The summed E-state index contributed by atoms with van der Waals surface area (Å²) in [6.07, 6.45) is -3.35. The third-order valence-electron chi connectivity index (χ3n) is 6.75. The molecule has 5 aromatic rings. The topological polar surface area (TPSA) is 125 Å². The highest BCUT2D eigenvalue weighted by Crippen LogP contribution is 2.44. The Morgan fingerprint density at radius 2 is 1.86 bits per heavy atom. The van der Waals surface area contributed by atoms with E-state index in [0.717, 1.165) is 6.07 Å². The zero-order chi connectivity index (χ0) is 30.3. The summed E-state index contributed by atoms with van der Waals surface area (Å²) in [7, 11) is 1.64. The normalized spacial score (nSPS) is 11.8. The standard InChI is InChI=1S/C29H26F3N5O4S/c1-14(2)16-5-7-17(8-6-16)40-13-18-9-10-21(41-18)27(39)36-24-23-19(20-12-34-37(4)15(20)3)11-22(29(30,31)32)35-28(23)42-25(24)26(33)38/h5-12,14H,13H2,1-4H3,(H2,33,38)(H,36,39). The molecule has 0 saturated carbocycles. The molecule has 5 rings (SSSR count). The quantitative estimate of drug-likeness (QED) is 0.206. The van der Waals surface area contributed by atoms with E-state index in [0.29, 0.717) is 40.0 Å². The van der Waals surface area contributed by atoms with Gasteiger partial charge in [-0.2, -0.15) is 18.3 Å². The van der Waals surface area contributed by atoms with E-state index in [9.17, 15) is 22.8 Å². The molecule has 0 fully saturated rings. The Kier molecular flexibility index (Phi) is 7.54. The number of hydrogen-bond acceptors (Lipinski definition) is 7. The van der Waals surface area contributed by atoms with Crippen molar-refractivity contribution in [2.24, 2.45) is 12.8 Å². The predicted octanol–water partition coefficient (Wildman–Crippen LogP) is 6.67. The van der Waals surface area contributed by atoms with E-state index >= 15 is 0 Å². The number of pyridine rings is 1. The van der Waals surface area contributed by atoms with Gasteiger partial charge in [-0.15, -0.1) is 11.3 Å². The Morgan fingerprint density at radius 1 is 1.14 bits per heavy atom. The fourth-order valence-corrected chi connectivity index (χ4v) is 5.38. The number of carbonyl (C=O) groups is 2. The minimum absolute atomic E-state index is 0.0524. The van der Waals surface area contributed by atoms with E-state index in [4.69, 9.17) is 14.9 Å². The monoisotopic (exact) mass is 597 g/mol. The van der Waals surface area contributed by atoms with Gasteiger partial charge < -0.3 is 20.2 Å². The SMILES string of the molecule is Cc1c(-c2cc(C(F)(F)F)nc3sc(C(N)=O)c(NC(=O)c4ccc(COc5ccc(C(C)C)cc5)o4)c23)cnn1C. The summed E-state index contributed by atoms with van der Waals surface area (Å²) in [5.41, 5.74) is 6.56. The lowest BCUT2D eigenvalue weighted by molar-refractivity contribution is -0.140. The average Bonchev–Trinajstić information content (AvgIpc) is 3.65. The smallest absolute Gasteiger partial charge is 0.433 e. The van der Waals surface area contributed by atoms with Gasteiger partial charge in [-0.05, 0) is 54.3 Å². The Hall–Kier alpha value is -4.65. The highest BCUT2D eigenvalue weighted by atomic mass is 32.1. The number of primary amides is 1. The molecule has 0 saturated heterocycles. The van der Waals surface area contributed by atoms with Crippen LogP contribution in [0.5, 0.6) is 5.75 Å². The Balaban J connectivity index is 1.48. The molecule has 0 aliphatic rings. The molecule has 9 nitrogen and oxygen atoms in total. The van der Waals surface area contributed by atoms with Gasteiger partial charge in [0, 0.05) is 23.7 Å². The van der Waals surface area contributed by atoms with Gasteiger partial charge in [-0.25, -0.2) is 4.98 Å². The molecule has 2 amide bonds. The lowest BCUT2D eigenvalue weighted by atomic mass is 10.0. The summed E-state index contributed by atoms with van der Waals surface area (Å²) >= 11 is 0.656. The summed E-state index contributed by atoms with van der Waals surface area (Å²) in [6.45, 7) is 5.92. The molecule has 4 heterocycles. The van der Waals surface area contributed by atoms with E-state index < -0.39 is 23.7 Å². The lowest BCUT2D eigenvalue weighted by Gasteiger charge is -2.12. The lowest BCUT2D eigenvalue weighted by Crippen LogP contribution is -2.16. The van der Waals surface area contributed by atoms with Crippen molar-refractivity contribution in [3.05, 3.63) is 82.0 Å². The number of hydrogen-bond donors (Lipinski definition) is 2. The van der Waals surface area contributed by atoms with Crippen LogP contribution in [0.2, 0.25) is 0 Å². The molecule has 42 heavy (non-hydrogen) atoms. The molecule has 0 bridgehead atoms. The number of nitrogens with zero attached hydrogens (tertiary/aromatic N) is 3. The van der Waals surface area contributed by atoms with Crippen molar-refractivity contribution in [1.82, 2.24) is 14.8 Å². The van der Waals surface area contributed by atoms with Crippen molar-refractivity contribution in [2.75, 3.05) is 5.32 Å². The molecule has 1 aromatic carbocycles. The minimum atomic E-state index is -4.76. The van der Waals surface area contributed by atoms with Gasteiger partial charge in [-0.1, -0.05) is 26.0 Å². The third-order valence-corrected chi connectivity index (χ3v) is 7.85. The third kappa shape index (κ3) is 5.59. The molecular weight excluding hydrogens is 571 g/mol. The largest absolute Gasteiger partial charge is 0.486 e. The van der Waals surface area contributed by atoms with Crippen molar-refractivity contribution in [1.29, 1.82) is 0 Å². The van der Waals surface area contributed by atoms with E-state index in [2.05, 4.69) is 29.2 Å². The Morgan fingerprint density at radius 3 is 2.45 bits per heavy atom. The molecule has 218 valence electrons. The number of amides is 2. The van der Waals surface area contributed by atoms with E-state index in [1.807, 2.05) is 24.3 Å². The summed E-state index contributed by atoms with van der Waals surface area (Å²) in [5, 5.41) is 6.89. The molecule has 0 aliphatic carbocycles. The van der Waals surface area contributed by atoms with Crippen LogP contribution in [0.4, 0.5) is 18.9 Å². The number of aromatic nitrogens is 3. The molecule has 3 N–H and O–H groups in total. The van der Waals surface area contributed by atoms with Crippen molar-refractivity contribution < 1.29 is 31.9 Å². The second-order valence-corrected chi connectivity index (χ2v) is 10.9. The number of nitrogens with one attached hydrogen (secondary N) is 1. The number of thiophene rings is 1. The number of anilines is 1. The zero-order valence-electron chi connectivity index (χ0n) is 23.0. The number of nitrogens with two attached hydrogens (primary N) is 1. The summed E-state index contributed by atoms with van der Waals surface area (Å²) < 4.78 is 54.2. The van der Waals surface area contributed by atoms with Crippen LogP contribution in [0.25, 0.3) is 21.3 Å². The van der Waals surface area contributed by atoms with Gasteiger partial charge in [0.1, 0.15) is 33.5 Å². The number of carbonyl (C=O) groups excluding carboxylic acids is 2. The number of furan rings is 1. The fourth-order valence-electron chi connectivity index (χ4n) is 4.37. The first-order chi connectivity index (χ1) is 19.8. The Labute approximate surface area is 242 Å². The van der Waals surface area contributed by atoms with E-state index in [1.165, 1.54) is 22.5 Å². The van der Waals surface area contributed by atoms with Gasteiger partial charge in [0.25, 0.3) is 11.8 Å². The summed E-state index contributed by atoms with van der Waals surface area (Å²) in [6, 6.07) is 11.5. The molecule has 13 heteroatoms. The van der Waals surface area contributed by atoms with E-state index in [-0.39, 0.29) is 38.7 Å². The predicted molar refractivity (Wildman–Crippen MR) is 152 cm³/mol. The zero-order valence-corrected chi connectivity index (χ0v) is 23.8. The molecule has 4 aromatic heterocycles. The number of fused-ring (bicyclic) bond motifs is 1. The summed E-state index contributed by atoms with van der Waals surface area (Å²) in [5.74, 6) is -0.403. The van der Waals surface area contributed by atoms with Gasteiger partial charge in [0.2, 0.25) is 0 Å².